The van der Waals surface area contributed by atoms with Crippen molar-refractivity contribution in [3.63, 3.8) is 0 Å². The van der Waals surface area contributed by atoms with Gasteiger partial charge in [0, 0.05) is 17.5 Å². The minimum absolute atomic E-state index is 0.0349. The zero-order valence-corrected chi connectivity index (χ0v) is 19.6. The summed E-state index contributed by atoms with van der Waals surface area (Å²) in [5, 5.41) is 14.3. The first-order valence-electron chi connectivity index (χ1n) is 11.2. The van der Waals surface area contributed by atoms with E-state index in [1.807, 2.05) is 30.3 Å². The number of carboxylic acids is 1. The number of anilines is 1. The Kier molecular flexibility index (Phi) is 5.83. The van der Waals surface area contributed by atoms with Gasteiger partial charge in [0.1, 0.15) is 11.3 Å². The third-order valence-electron chi connectivity index (χ3n) is 6.92. The van der Waals surface area contributed by atoms with Gasteiger partial charge in [-0.15, -0.1) is 0 Å². The molecule has 8 heteroatoms. The molecular formula is C27H23ClN2O5. The van der Waals surface area contributed by atoms with Crippen molar-refractivity contribution >= 4 is 35.1 Å². The van der Waals surface area contributed by atoms with E-state index in [0.717, 1.165) is 10.5 Å². The van der Waals surface area contributed by atoms with E-state index in [0.29, 0.717) is 22.0 Å². The first kappa shape index (κ1) is 23.1. The second-order valence-corrected chi connectivity index (χ2v) is 9.24. The Morgan fingerprint density at radius 1 is 1.00 bits per heavy atom. The molecule has 0 aromatic heterocycles. The minimum Gasteiger partial charge on any atom is -0.495 e. The summed E-state index contributed by atoms with van der Waals surface area (Å²) in [4.78, 5) is 41.8. The predicted octanol–water partition coefficient (Wildman–Crippen LogP) is 3.86. The molecule has 2 N–H and O–H groups in total. The second kappa shape index (κ2) is 8.83. The third kappa shape index (κ3) is 3.68. The fourth-order valence-electron chi connectivity index (χ4n) is 5.36. The van der Waals surface area contributed by atoms with Crippen molar-refractivity contribution in [1.29, 1.82) is 0 Å². The molecule has 178 valence electrons. The number of imide groups is 1. The number of carbonyl (C=O) groups excluding carboxylic acids is 2. The first-order valence-corrected chi connectivity index (χ1v) is 11.6. The minimum atomic E-state index is -1.69. The highest BCUT2D eigenvalue weighted by Gasteiger charge is 2.68. The van der Waals surface area contributed by atoms with Crippen LogP contribution in [-0.4, -0.2) is 35.5 Å². The van der Waals surface area contributed by atoms with Crippen molar-refractivity contribution < 1.29 is 24.2 Å². The van der Waals surface area contributed by atoms with Gasteiger partial charge in [-0.05, 0) is 35.4 Å². The molecule has 35 heavy (non-hydrogen) atoms. The highest BCUT2D eigenvalue weighted by Crippen LogP contribution is 2.51. The Hall–Kier alpha value is -3.68. The molecule has 3 aromatic rings. The quantitative estimate of drug-likeness (QED) is 0.509. The lowest BCUT2D eigenvalue weighted by Gasteiger charge is -2.31. The number of methoxy groups -OCH3 is 1. The number of para-hydroxylation sites is 2. The van der Waals surface area contributed by atoms with Crippen molar-refractivity contribution in [3.8, 4) is 5.75 Å². The number of amides is 2. The summed E-state index contributed by atoms with van der Waals surface area (Å²) >= 11 is 6.07. The summed E-state index contributed by atoms with van der Waals surface area (Å²) in [6.07, 6.45) is 0.0349. The van der Waals surface area contributed by atoms with Crippen LogP contribution in [0.4, 0.5) is 5.69 Å². The monoisotopic (exact) mass is 490 g/mol. The number of carbonyl (C=O) groups is 3. The number of fused-ring (bicyclic) bond motifs is 1. The van der Waals surface area contributed by atoms with E-state index in [9.17, 15) is 19.5 Å². The Labute approximate surface area is 207 Å². The highest BCUT2D eigenvalue weighted by atomic mass is 35.5. The molecular weight excluding hydrogens is 468 g/mol. The van der Waals surface area contributed by atoms with Crippen LogP contribution in [0.3, 0.4) is 0 Å². The number of aliphatic carboxylic acids is 1. The number of carboxylic acid groups (broad SMARTS) is 1. The molecule has 0 spiro atoms. The fourth-order valence-corrected chi connectivity index (χ4v) is 5.49. The molecule has 0 saturated carbocycles. The first-order chi connectivity index (χ1) is 16.9. The predicted molar refractivity (Wildman–Crippen MR) is 130 cm³/mol. The van der Waals surface area contributed by atoms with Crippen LogP contribution in [0.25, 0.3) is 0 Å². The third-order valence-corrected chi connectivity index (χ3v) is 7.17. The number of nitrogens with one attached hydrogen (secondary N) is 1. The van der Waals surface area contributed by atoms with E-state index >= 15 is 0 Å². The van der Waals surface area contributed by atoms with Gasteiger partial charge in [0.15, 0.2) is 0 Å². The van der Waals surface area contributed by atoms with Crippen molar-refractivity contribution in [2.45, 2.75) is 18.0 Å². The molecule has 2 saturated heterocycles. The summed E-state index contributed by atoms with van der Waals surface area (Å²) in [6, 6.07) is 22.0. The number of hydrogen-bond donors (Lipinski definition) is 2. The number of benzene rings is 3. The Balaban J connectivity index is 1.67. The van der Waals surface area contributed by atoms with Gasteiger partial charge in [0.25, 0.3) is 0 Å². The molecule has 3 aromatic carbocycles. The van der Waals surface area contributed by atoms with Gasteiger partial charge in [-0.1, -0.05) is 66.2 Å². The van der Waals surface area contributed by atoms with Crippen LogP contribution in [0.5, 0.6) is 5.75 Å². The largest absolute Gasteiger partial charge is 0.495 e. The molecule has 2 aliphatic rings. The van der Waals surface area contributed by atoms with Crippen LogP contribution in [0.2, 0.25) is 5.02 Å². The molecule has 7 nitrogen and oxygen atoms in total. The van der Waals surface area contributed by atoms with Crippen LogP contribution in [0, 0.1) is 11.8 Å². The number of halogens is 1. The van der Waals surface area contributed by atoms with Crippen LogP contribution < -0.4 is 15.0 Å². The average molecular weight is 491 g/mol. The summed E-state index contributed by atoms with van der Waals surface area (Å²) in [5.74, 6) is -3.91. The van der Waals surface area contributed by atoms with E-state index in [1.165, 1.54) is 7.11 Å². The van der Waals surface area contributed by atoms with Gasteiger partial charge >= 0.3 is 5.97 Å². The Bertz CT molecular complexity index is 1300. The van der Waals surface area contributed by atoms with E-state index in [2.05, 4.69) is 5.32 Å². The Morgan fingerprint density at radius 2 is 1.66 bits per heavy atom. The average Bonchev–Trinajstić information content (AvgIpc) is 3.34. The summed E-state index contributed by atoms with van der Waals surface area (Å²) in [5.41, 5.74) is 0.0329. The lowest BCUT2D eigenvalue weighted by Crippen LogP contribution is -2.57. The lowest BCUT2D eigenvalue weighted by molar-refractivity contribution is -0.148. The molecule has 5 rings (SSSR count). The topological polar surface area (TPSA) is 95.9 Å². The van der Waals surface area contributed by atoms with Gasteiger partial charge in [0.05, 0.1) is 24.6 Å². The maximum Gasteiger partial charge on any atom is 0.325 e. The zero-order chi connectivity index (χ0) is 24.7. The Morgan fingerprint density at radius 3 is 2.31 bits per heavy atom. The van der Waals surface area contributed by atoms with E-state index in [-0.39, 0.29) is 6.42 Å². The molecule has 0 unspecified atom stereocenters. The summed E-state index contributed by atoms with van der Waals surface area (Å²) in [6.45, 7) is 0. The van der Waals surface area contributed by atoms with Crippen LogP contribution >= 0.6 is 11.6 Å². The smallest absolute Gasteiger partial charge is 0.325 e. The SMILES string of the molecule is COc1ccccc1N1C(=O)[C@@H]2[C@H](c3ccc(Cl)cc3)N[C@](Cc3ccccc3)(C(=O)O)[C@H]2C1=O. The van der Waals surface area contributed by atoms with Gasteiger partial charge in [-0.2, -0.15) is 0 Å². The number of hydrogen-bond acceptors (Lipinski definition) is 5. The number of ether oxygens (including phenoxy) is 1. The van der Waals surface area contributed by atoms with Crippen molar-refractivity contribution in [2.75, 3.05) is 12.0 Å². The lowest BCUT2D eigenvalue weighted by atomic mass is 9.76. The van der Waals surface area contributed by atoms with Gasteiger partial charge in [-0.25, -0.2) is 4.90 Å². The molecule has 2 heterocycles. The van der Waals surface area contributed by atoms with E-state index < -0.39 is 41.2 Å². The van der Waals surface area contributed by atoms with E-state index in [1.54, 1.807) is 48.5 Å². The maximum absolute atomic E-state index is 13.9. The van der Waals surface area contributed by atoms with Crippen LogP contribution in [0.1, 0.15) is 17.2 Å². The van der Waals surface area contributed by atoms with Crippen molar-refractivity contribution in [2.24, 2.45) is 11.8 Å². The van der Waals surface area contributed by atoms with Crippen molar-refractivity contribution in [1.82, 2.24) is 5.32 Å². The van der Waals surface area contributed by atoms with Gasteiger partial charge in [0.2, 0.25) is 11.8 Å². The van der Waals surface area contributed by atoms with Crippen LogP contribution in [-0.2, 0) is 20.8 Å². The fraction of sp³-hybridized carbons (Fsp3) is 0.222. The number of rotatable bonds is 6. The van der Waals surface area contributed by atoms with Gasteiger partial charge in [-0.3, -0.25) is 19.7 Å². The second-order valence-electron chi connectivity index (χ2n) is 8.80. The standard InChI is InChI=1S/C27H23ClN2O5/c1-35-20-10-6-5-9-19(20)30-24(31)21-22(25(30)32)27(26(33)34,15-16-7-3-2-4-8-16)29-23(21)17-11-13-18(28)14-12-17/h2-14,21-23,29H,15H2,1H3,(H,33,34)/t21-,22+,23-,27-/m0/s1. The zero-order valence-electron chi connectivity index (χ0n) is 18.9. The molecule has 2 amide bonds. The summed E-state index contributed by atoms with van der Waals surface area (Å²) in [7, 11) is 1.46. The maximum atomic E-state index is 13.9. The van der Waals surface area contributed by atoms with Gasteiger partial charge < -0.3 is 9.84 Å². The molecule has 2 fully saturated rings. The molecule has 4 atom stereocenters. The van der Waals surface area contributed by atoms with E-state index in [4.69, 9.17) is 16.3 Å². The molecule has 0 radical (unpaired) electrons. The molecule has 0 aliphatic carbocycles. The normalized spacial score (nSPS) is 25.5. The van der Waals surface area contributed by atoms with Crippen LogP contribution in [0.15, 0.2) is 78.9 Å². The summed E-state index contributed by atoms with van der Waals surface area (Å²) < 4.78 is 5.40. The molecule has 2 aliphatic heterocycles. The molecule has 0 bridgehead atoms. The number of nitrogens with zero attached hydrogens (tertiary/aromatic N) is 1. The van der Waals surface area contributed by atoms with Crippen molar-refractivity contribution in [3.05, 3.63) is 95.0 Å². The highest BCUT2D eigenvalue weighted by molar-refractivity contribution is 6.30.